The lowest BCUT2D eigenvalue weighted by molar-refractivity contribution is 0.377. The molecule has 0 aliphatic heterocycles. The van der Waals surface area contributed by atoms with Crippen molar-refractivity contribution in [3.63, 3.8) is 0 Å². The van der Waals surface area contributed by atoms with Gasteiger partial charge in [0, 0.05) is 5.41 Å². The molecule has 0 saturated carbocycles. The molecular weight excluding hydrogens is 254 g/mol. The second-order valence-electron chi connectivity index (χ2n) is 4.71. The molecule has 0 unspecified atom stereocenters. The zero-order chi connectivity index (χ0) is 13.2. The maximum absolute atomic E-state index is 5.55. The third-order valence-electron chi connectivity index (χ3n) is 2.05. The Morgan fingerprint density at radius 1 is 1.06 bits per heavy atom. The number of hydrogen-bond acceptors (Lipinski definition) is 8. The van der Waals surface area contributed by atoms with Gasteiger partial charge in [-0.15, -0.1) is 20.4 Å². The summed E-state index contributed by atoms with van der Waals surface area (Å²) in [6.45, 7) is 6.29. The number of thioether (sulfide) groups is 1. The molecule has 2 heterocycles. The summed E-state index contributed by atoms with van der Waals surface area (Å²) in [5.41, 5.74) is 5.23. The highest BCUT2D eigenvalue weighted by molar-refractivity contribution is 7.98. The molecule has 0 fully saturated rings. The minimum atomic E-state index is -0.146. The lowest BCUT2D eigenvalue weighted by Crippen LogP contribution is -2.11. The van der Waals surface area contributed by atoms with Crippen molar-refractivity contribution in [2.75, 3.05) is 0 Å². The van der Waals surface area contributed by atoms with Gasteiger partial charge in [0.1, 0.15) is 0 Å². The molecule has 2 N–H and O–H groups in total. The Labute approximate surface area is 109 Å². The molecule has 98 valence electrons. The third-order valence-corrected chi connectivity index (χ3v) is 2.85. The van der Waals surface area contributed by atoms with E-state index < -0.39 is 0 Å². The molecule has 2 rings (SSSR count). The SMILES string of the molecule is CC(C)(C)c1nnc(CSc2nnc(CN)o2)o1. The van der Waals surface area contributed by atoms with Gasteiger partial charge in [-0.05, 0) is 0 Å². The van der Waals surface area contributed by atoms with E-state index in [2.05, 4.69) is 20.4 Å². The number of nitrogens with two attached hydrogens (primary N) is 1. The van der Waals surface area contributed by atoms with Crippen LogP contribution in [0, 0.1) is 0 Å². The highest BCUT2D eigenvalue weighted by Gasteiger charge is 2.21. The van der Waals surface area contributed by atoms with Gasteiger partial charge in [0.2, 0.25) is 17.7 Å². The summed E-state index contributed by atoms with van der Waals surface area (Å²) in [6, 6.07) is 0. The van der Waals surface area contributed by atoms with E-state index in [-0.39, 0.29) is 12.0 Å². The Hall–Kier alpha value is -1.41. The Bertz CT molecular complexity index is 516. The van der Waals surface area contributed by atoms with E-state index in [4.69, 9.17) is 14.6 Å². The standard InChI is InChI=1S/C10H15N5O2S/c1-10(2,3)8-14-13-7(16-8)5-18-9-15-12-6(4-11)17-9/h4-5,11H2,1-3H3. The first-order valence-electron chi connectivity index (χ1n) is 5.47. The van der Waals surface area contributed by atoms with E-state index in [0.29, 0.717) is 28.6 Å². The van der Waals surface area contributed by atoms with Crippen molar-refractivity contribution >= 4 is 11.8 Å². The topological polar surface area (TPSA) is 104 Å². The van der Waals surface area contributed by atoms with Crippen LogP contribution in [-0.2, 0) is 17.7 Å². The highest BCUT2D eigenvalue weighted by atomic mass is 32.2. The number of hydrogen-bond donors (Lipinski definition) is 1. The fraction of sp³-hybridized carbons (Fsp3) is 0.600. The molecule has 7 nitrogen and oxygen atoms in total. The van der Waals surface area contributed by atoms with Crippen LogP contribution >= 0.6 is 11.8 Å². The molecule has 0 aliphatic rings. The van der Waals surface area contributed by atoms with Crippen molar-refractivity contribution in [3.8, 4) is 0 Å². The average molecular weight is 269 g/mol. The van der Waals surface area contributed by atoms with Crippen molar-refractivity contribution in [1.29, 1.82) is 0 Å². The molecule has 0 bridgehead atoms. The van der Waals surface area contributed by atoms with Gasteiger partial charge in [-0.3, -0.25) is 0 Å². The summed E-state index contributed by atoms with van der Waals surface area (Å²) in [6.07, 6.45) is 0. The van der Waals surface area contributed by atoms with Crippen LogP contribution in [0.4, 0.5) is 0 Å². The molecule has 0 radical (unpaired) electrons. The largest absolute Gasteiger partial charge is 0.424 e. The molecule has 0 aliphatic carbocycles. The molecule has 2 aromatic rings. The van der Waals surface area contributed by atoms with E-state index >= 15 is 0 Å². The highest BCUT2D eigenvalue weighted by Crippen LogP contribution is 2.24. The predicted molar refractivity (Wildman–Crippen MR) is 64.7 cm³/mol. The van der Waals surface area contributed by atoms with E-state index in [1.54, 1.807) is 0 Å². The predicted octanol–water partition coefficient (Wildman–Crippen LogP) is 1.50. The van der Waals surface area contributed by atoms with Gasteiger partial charge >= 0.3 is 0 Å². The van der Waals surface area contributed by atoms with Crippen molar-refractivity contribution in [2.45, 2.75) is 43.7 Å². The van der Waals surface area contributed by atoms with Gasteiger partial charge in [-0.25, -0.2) is 0 Å². The van der Waals surface area contributed by atoms with E-state index in [1.807, 2.05) is 20.8 Å². The summed E-state index contributed by atoms with van der Waals surface area (Å²) in [5, 5.41) is 16.0. The maximum atomic E-state index is 5.55. The van der Waals surface area contributed by atoms with Crippen LogP contribution in [0.25, 0.3) is 0 Å². The number of nitrogens with zero attached hydrogens (tertiary/aromatic N) is 4. The second kappa shape index (κ2) is 5.07. The molecule has 18 heavy (non-hydrogen) atoms. The van der Waals surface area contributed by atoms with Crippen LogP contribution in [-0.4, -0.2) is 20.4 Å². The first kappa shape index (κ1) is 13.0. The van der Waals surface area contributed by atoms with Gasteiger partial charge < -0.3 is 14.6 Å². The van der Waals surface area contributed by atoms with Crippen molar-refractivity contribution < 1.29 is 8.83 Å². The van der Waals surface area contributed by atoms with Gasteiger partial charge in [0.15, 0.2) is 0 Å². The fourth-order valence-corrected chi connectivity index (χ4v) is 1.73. The summed E-state index contributed by atoms with van der Waals surface area (Å²) < 4.78 is 10.8. The van der Waals surface area contributed by atoms with Crippen LogP contribution in [0.5, 0.6) is 0 Å². The molecular formula is C10H15N5O2S. The Balaban J connectivity index is 1.96. The molecule has 0 saturated heterocycles. The summed E-state index contributed by atoms with van der Waals surface area (Å²) in [4.78, 5) is 0. The van der Waals surface area contributed by atoms with Gasteiger partial charge in [0.05, 0.1) is 12.3 Å². The third kappa shape index (κ3) is 3.08. The normalized spacial score (nSPS) is 12.0. The average Bonchev–Trinajstić information content (AvgIpc) is 2.94. The Kier molecular flexibility index (Phi) is 3.67. The molecule has 0 spiro atoms. The van der Waals surface area contributed by atoms with Gasteiger partial charge in [-0.1, -0.05) is 32.5 Å². The van der Waals surface area contributed by atoms with Crippen LogP contribution in [0.1, 0.15) is 38.4 Å². The monoisotopic (exact) mass is 269 g/mol. The van der Waals surface area contributed by atoms with Gasteiger partial charge in [0.25, 0.3) is 5.22 Å². The zero-order valence-corrected chi connectivity index (χ0v) is 11.3. The number of rotatable bonds is 4. The van der Waals surface area contributed by atoms with E-state index in [0.717, 1.165) is 0 Å². The van der Waals surface area contributed by atoms with Crippen LogP contribution in [0.2, 0.25) is 0 Å². The maximum Gasteiger partial charge on any atom is 0.277 e. The minimum Gasteiger partial charge on any atom is -0.424 e. The molecule has 2 aromatic heterocycles. The summed E-state index contributed by atoms with van der Waals surface area (Å²) >= 11 is 1.34. The Morgan fingerprint density at radius 3 is 2.33 bits per heavy atom. The lowest BCUT2D eigenvalue weighted by Gasteiger charge is -2.10. The molecule has 0 atom stereocenters. The molecule has 8 heteroatoms. The summed E-state index contributed by atoms with van der Waals surface area (Å²) in [7, 11) is 0. The Morgan fingerprint density at radius 2 is 1.78 bits per heavy atom. The van der Waals surface area contributed by atoms with Crippen LogP contribution in [0.3, 0.4) is 0 Å². The summed E-state index contributed by atoms with van der Waals surface area (Å²) in [5.74, 6) is 2.07. The zero-order valence-electron chi connectivity index (χ0n) is 10.5. The lowest BCUT2D eigenvalue weighted by atomic mass is 9.97. The van der Waals surface area contributed by atoms with Crippen molar-refractivity contribution in [1.82, 2.24) is 20.4 Å². The van der Waals surface area contributed by atoms with Crippen molar-refractivity contribution in [3.05, 3.63) is 17.7 Å². The quantitative estimate of drug-likeness (QED) is 0.833. The second-order valence-corrected chi connectivity index (χ2v) is 5.63. The van der Waals surface area contributed by atoms with E-state index in [1.165, 1.54) is 11.8 Å². The fourth-order valence-electron chi connectivity index (χ4n) is 1.12. The van der Waals surface area contributed by atoms with Crippen molar-refractivity contribution in [2.24, 2.45) is 5.73 Å². The van der Waals surface area contributed by atoms with E-state index in [9.17, 15) is 0 Å². The number of aromatic nitrogens is 4. The van der Waals surface area contributed by atoms with Gasteiger partial charge in [-0.2, -0.15) is 0 Å². The minimum absolute atomic E-state index is 0.146. The first-order valence-corrected chi connectivity index (χ1v) is 6.45. The first-order chi connectivity index (χ1) is 8.49. The van der Waals surface area contributed by atoms with Crippen LogP contribution in [0.15, 0.2) is 14.1 Å². The van der Waals surface area contributed by atoms with Crippen LogP contribution < -0.4 is 5.73 Å². The molecule has 0 aromatic carbocycles. The molecule has 0 amide bonds. The smallest absolute Gasteiger partial charge is 0.277 e.